The highest BCUT2D eigenvalue weighted by Gasteiger charge is 2.29. The van der Waals surface area contributed by atoms with Gasteiger partial charge in [0.25, 0.3) is 0 Å². The lowest BCUT2D eigenvalue weighted by Gasteiger charge is -2.30. The molecule has 0 unspecified atom stereocenters. The van der Waals surface area contributed by atoms with Gasteiger partial charge in [0, 0.05) is 19.0 Å². The molecular weight excluding hydrogens is 236 g/mol. The zero-order valence-corrected chi connectivity index (χ0v) is 9.83. The van der Waals surface area contributed by atoms with Crippen LogP contribution >= 0.6 is 0 Å². The molecule has 1 aromatic rings. The van der Waals surface area contributed by atoms with Crippen LogP contribution in [0.3, 0.4) is 0 Å². The van der Waals surface area contributed by atoms with Crippen LogP contribution in [-0.2, 0) is 4.79 Å². The Bertz CT molecular complexity index is 472. The summed E-state index contributed by atoms with van der Waals surface area (Å²) in [5.74, 6) is -0.756. The Morgan fingerprint density at radius 1 is 1.50 bits per heavy atom. The SMILES string of the molecule is C=CC(=O)N1CCC(c2ocnc2C(=O)O)CC1. The van der Waals surface area contributed by atoms with Crippen molar-refractivity contribution in [3.63, 3.8) is 0 Å². The topological polar surface area (TPSA) is 83.6 Å². The van der Waals surface area contributed by atoms with Gasteiger partial charge in [-0.1, -0.05) is 6.58 Å². The predicted molar refractivity (Wildman–Crippen MR) is 62.2 cm³/mol. The van der Waals surface area contributed by atoms with E-state index in [1.165, 1.54) is 6.08 Å². The van der Waals surface area contributed by atoms with Crippen molar-refractivity contribution in [2.45, 2.75) is 18.8 Å². The van der Waals surface area contributed by atoms with Crippen molar-refractivity contribution < 1.29 is 19.1 Å². The minimum absolute atomic E-state index is 0.00691. The van der Waals surface area contributed by atoms with Crippen LogP contribution in [0.4, 0.5) is 0 Å². The molecule has 0 aromatic carbocycles. The van der Waals surface area contributed by atoms with E-state index in [-0.39, 0.29) is 17.5 Å². The monoisotopic (exact) mass is 250 g/mol. The number of nitrogens with zero attached hydrogens (tertiary/aromatic N) is 2. The van der Waals surface area contributed by atoms with E-state index in [0.717, 1.165) is 6.39 Å². The fourth-order valence-corrected chi connectivity index (χ4v) is 2.20. The second kappa shape index (κ2) is 5.03. The number of aromatic carboxylic acids is 1. The molecule has 0 bridgehead atoms. The molecular formula is C12H14N2O4. The van der Waals surface area contributed by atoms with Crippen LogP contribution in [0.1, 0.15) is 35.0 Å². The van der Waals surface area contributed by atoms with E-state index in [0.29, 0.717) is 31.7 Å². The lowest BCUT2D eigenvalue weighted by atomic mass is 9.93. The van der Waals surface area contributed by atoms with Crippen molar-refractivity contribution in [1.29, 1.82) is 0 Å². The summed E-state index contributed by atoms with van der Waals surface area (Å²) in [5, 5.41) is 8.96. The Kier molecular flexibility index (Phi) is 3.45. The van der Waals surface area contributed by atoms with Crippen molar-refractivity contribution >= 4 is 11.9 Å². The highest BCUT2D eigenvalue weighted by Crippen LogP contribution is 2.30. The molecule has 2 rings (SSSR count). The van der Waals surface area contributed by atoms with Crippen molar-refractivity contribution in [2.24, 2.45) is 0 Å². The molecule has 1 saturated heterocycles. The average Bonchev–Trinajstić information content (AvgIpc) is 2.87. The molecule has 0 atom stereocenters. The van der Waals surface area contributed by atoms with Gasteiger partial charge >= 0.3 is 5.97 Å². The number of carbonyl (C=O) groups excluding carboxylic acids is 1. The van der Waals surface area contributed by atoms with E-state index in [9.17, 15) is 9.59 Å². The first-order chi connectivity index (χ1) is 8.63. The second-order valence-electron chi connectivity index (χ2n) is 4.17. The van der Waals surface area contributed by atoms with E-state index in [2.05, 4.69) is 11.6 Å². The Balaban J connectivity index is 2.05. The number of carboxylic acid groups (broad SMARTS) is 1. The van der Waals surface area contributed by atoms with Gasteiger partial charge in [0.1, 0.15) is 5.76 Å². The van der Waals surface area contributed by atoms with Crippen LogP contribution in [0.5, 0.6) is 0 Å². The van der Waals surface area contributed by atoms with Gasteiger partial charge in [0.15, 0.2) is 12.1 Å². The lowest BCUT2D eigenvalue weighted by Crippen LogP contribution is -2.36. The first-order valence-corrected chi connectivity index (χ1v) is 5.71. The Morgan fingerprint density at radius 3 is 2.72 bits per heavy atom. The summed E-state index contributed by atoms with van der Waals surface area (Å²) in [6, 6.07) is 0. The molecule has 96 valence electrons. The molecule has 6 nitrogen and oxygen atoms in total. The third-order valence-corrected chi connectivity index (χ3v) is 3.15. The van der Waals surface area contributed by atoms with Gasteiger partial charge in [-0.2, -0.15) is 0 Å². The van der Waals surface area contributed by atoms with E-state index in [4.69, 9.17) is 9.52 Å². The summed E-state index contributed by atoms with van der Waals surface area (Å²) >= 11 is 0. The maximum absolute atomic E-state index is 11.4. The average molecular weight is 250 g/mol. The minimum atomic E-state index is -1.08. The number of likely N-dealkylation sites (tertiary alicyclic amines) is 1. The number of hydrogen-bond acceptors (Lipinski definition) is 4. The number of amides is 1. The first-order valence-electron chi connectivity index (χ1n) is 5.71. The fraction of sp³-hybridized carbons (Fsp3) is 0.417. The molecule has 1 N–H and O–H groups in total. The molecule has 0 radical (unpaired) electrons. The standard InChI is InChI=1S/C12H14N2O4/c1-2-9(15)14-5-3-8(4-6-14)11-10(12(16)17)13-7-18-11/h2,7-8H,1,3-6H2,(H,16,17). The van der Waals surface area contributed by atoms with Crippen molar-refractivity contribution in [3.05, 3.63) is 30.5 Å². The smallest absolute Gasteiger partial charge is 0.358 e. The molecule has 1 aliphatic rings. The van der Waals surface area contributed by atoms with Gasteiger partial charge in [-0.15, -0.1) is 0 Å². The van der Waals surface area contributed by atoms with Gasteiger partial charge in [0.2, 0.25) is 5.91 Å². The number of carbonyl (C=O) groups is 2. The highest BCUT2D eigenvalue weighted by molar-refractivity contribution is 5.87. The van der Waals surface area contributed by atoms with Crippen molar-refractivity contribution in [3.8, 4) is 0 Å². The van der Waals surface area contributed by atoms with Crippen molar-refractivity contribution in [1.82, 2.24) is 9.88 Å². The summed E-state index contributed by atoms with van der Waals surface area (Å²) in [5.41, 5.74) is -0.0245. The predicted octanol–water partition coefficient (Wildman–Crippen LogP) is 1.26. The van der Waals surface area contributed by atoms with Crippen LogP contribution in [-0.4, -0.2) is 40.0 Å². The van der Waals surface area contributed by atoms with Crippen LogP contribution in [0, 0.1) is 0 Å². The maximum Gasteiger partial charge on any atom is 0.358 e. The van der Waals surface area contributed by atoms with E-state index in [1.807, 2.05) is 0 Å². The van der Waals surface area contributed by atoms with Crippen LogP contribution < -0.4 is 0 Å². The number of piperidine rings is 1. The summed E-state index contributed by atoms with van der Waals surface area (Å²) in [6.07, 6.45) is 3.79. The van der Waals surface area contributed by atoms with E-state index >= 15 is 0 Å². The Morgan fingerprint density at radius 2 is 2.17 bits per heavy atom. The molecule has 6 heteroatoms. The summed E-state index contributed by atoms with van der Waals surface area (Å²) in [7, 11) is 0. The van der Waals surface area contributed by atoms with Gasteiger partial charge in [-0.3, -0.25) is 4.79 Å². The molecule has 1 aromatic heterocycles. The maximum atomic E-state index is 11.4. The van der Waals surface area contributed by atoms with Gasteiger partial charge in [0.05, 0.1) is 0 Å². The molecule has 0 saturated carbocycles. The lowest BCUT2D eigenvalue weighted by molar-refractivity contribution is -0.127. The van der Waals surface area contributed by atoms with Crippen molar-refractivity contribution in [2.75, 3.05) is 13.1 Å². The van der Waals surface area contributed by atoms with Gasteiger partial charge in [-0.25, -0.2) is 9.78 Å². The number of rotatable bonds is 3. The number of hydrogen-bond donors (Lipinski definition) is 1. The molecule has 1 aliphatic heterocycles. The summed E-state index contributed by atoms with van der Waals surface area (Å²) in [6.45, 7) is 4.60. The Labute approximate surface area is 104 Å². The second-order valence-corrected chi connectivity index (χ2v) is 4.17. The van der Waals surface area contributed by atoms with Crippen LogP contribution in [0.15, 0.2) is 23.5 Å². The van der Waals surface area contributed by atoms with Crippen LogP contribution in [0.2, 0.25) is 0 Å². The minimum Gasteiger partial charge on any atom is -0.476 e. The summed E-state index contributed by atoms with van der Waals surface area (Å²) in [4.78, 5) is 27.8. The van der Waals surface area contributed by atoms with Crippen LogP contribution in [0.25, 0.3) is 0 Å². The quantitative estimate of drug-likeness (QED) is 0.816. The van der Waals surface area contributed by atoms with Gasteiger partial charge in [-0.05, 0) is 18.9 Å². The molecule has 0 aliphatic carbocycles. The highest BCUT2D eigenvalue weighted by atomic mass is 16.4. The molecule has 1 amide bonds. The fourth-order valence-electron chi connectivity index (χ4n) is 2.20. The molecule has 2 heterocycles. The number of carboxylic acids is 1. The largest absolute Gasteiger partial charge is 0.476 e. The number of oxazole rings is 1. The molecule has 0 spiro atoms. The van der Waals surface area contributed by atoms with E-state index < -0.39 is 5.97 Å². The zero-order chi connectivity index (χ0) is 13.1. The molecule has 18 heavy (non-hydrogen) atoms. The normalized spacial score (nSPS) is 16.6. The summed E-state index contributed by atoms with van der Waals surface area (Å²) < 4.78 is 5.17. The van der Waals surface area contributed by atoms with E-state index in [1.54, 1.807) is 4.90 Å². The van der Waals surface area contributed by atoms with Gasteiger partial charge < -0.3 is 14.4 Å². The zero-order valence-electron chi connectivity index (χ0n) is 9.83. The first kappa shape index (κ1) is 12.3. The third kappa shape index (κ3) is 2.27. The Hall–Kier alpha value is -2.11. The third-order valence-electron chi connectivity index (χ3n) is 3.15. The number of aromatic nitrogens is 1. The molecule has 1 fully saturated rings.